The summed E-state index contributed by atoms with van der Waals surface area (Å²) in [6, 6.07) is 4.97. The van der Waals surface area contributed by atoms with Crippen LogP contribution < -0.4 is 0 Å². The molecule has 0 aliphatic rings. The molecule has 1 aromatic carbocycles. The van der Waals surface area contributed by atoms with Gasteiger partial charge in [-0.15, -0.1) is 10.2 Å². The van der Waals surface area contributed by atoms with Gasteiger partial charge in [-0.2, -0.15) is 13.2 Å². The first-order valence-corrected chi connectivity index (χ1v) is 5.12. The lowest BCUT2D eigenvalue weighted by atomic mass is 10.1. The van der Waals surface area contributed by atoms with E-state index in [1.807, 2.05) is 0 Å². The van der Waals surface area contributed by atoms with Gasteiger partial charge in [-0.3, -0.25) is 0 Å². The van der Waals surface area contributed by atoms with Crippen LogP contribution in [0.15, 0.2) is 30.3 Å². The van der Waals surface area contributed by atoms with Gasteiger partial charge in [-0.05, 0) is 30.3 Å². The molecule has 0 saturated carbocycles. The zero-order valence-electron chi connectivity index (χ0n) is 8.67. The van der Waals surface area contributed by atoms with Crippen LogP contribution in [-0.4, -0.2) is 10.2 Å². The lowest BCUT2D eigenvalue weighted by Crippen LogP contribution is -2.05. The molecular weight excluding hydrogens is 272 g/mol. The summed E-state index contributed by atoms with van der Waals surface area (Å²) < 4.78 is 50.6. The molecule has 2 rings (SSSR count). The Morgan fingerprint density at radius 3 is 2.22 bits per heavy atom. The van der Waals surface area contributed by atoms with Crippen molar-refractivity contribution in [3.63, 3.8) is 0 Å². The van der Waals surface area contributed by atoms with Gasteiger partial charge in [0.15, 0.2) is 5.15 Å². The van der Waals surface area contributed by atoms with E-state index >= 15 is 0 Å². The van der Waals surface area contributed by atoms with E-state index in [1.165, 1.54) is 12.1 Å². The van der Waals surface area contributed by atoms with Gasteiger partial charge in [0, 0.05) is 5.56 Å². The van der Waals surface area contributed by atoms with E-state index in [0.717, 1.165) is 12.1 Å². The zero-order valence-corrected chi connectivity index (χ0v) is 9.43. The Balaban J connectivity index is 2.45. The maximum atomic E-state index is 13.6. The molecule has 1 aromatic heterocycles. The van der Waals surface area contributed by atoms with Crippen molar-refractivity contribution in [3.8, 4) is 11.3 Å². The third kappa shape index (κ3) is 2.59. The quantitative estimate of drug-likeness (QED) is 0.737. The van der Waals surface area contributed by atoms with E-state index in [1.54, 1.807) is 0 Å². The van der Waals surface area contributed by atoms with Crippen molar-refractivity contribution < 1.29 is 17.6 Å². The lowest BCUT2D eigenvalue weighted by Gasteiger charge is -2.08. The molecular formula is C11H5ClF4N2. The Labute approximate surface area is 104 Å². The highest BCUT2D eigenvalue weighted by molar-refractivity contribution is 6.29. The second-order valence-corrected chi connectivity index (χ2v) is 3.82. The van der Waals surface area contributed by atoms with E-state index in [4.69, 9.17) is 11.6 Å². The molecule has 7 heteroatoms. The van der Waals surface area contributed by atoms with E-state index < -0.39 is 17.6 Å². The Hall–Kier alpha value is -1.69. The maximum Gasteiger partial charge on any atom is 0.416 e. The Kier molecular flexibility index (Phi) is 3.21. The van der Waals surface area contributed by atoms with Gasteiger partial charge in [0.1, 0.15) is 5.82 Å². The summed E-state index contributed by atoms with van der Waals surface area (Å²) in [5.74, 6) is -1.01. The Morgan fingerprint density at radius 2 is 1.72 bits per heavy atom. The highest BCUT2D eigenvalue weighted by Gasteiger charge is 2.31. The van der Waals surface area contributed by atoms with E-state index in [-0.39, 0.29) is 16.4 Å². The van der Waals surface area contributed by atoms with Crippen LogP contribution in [-0.2, 0) is 6.18 Å². The highest BCUT2D eigenvalue weighted by atomic mass is 35.5. The minimum absolute atomic E-state index is 0.0628. The number of alkyl halides is 3. The Bertz CT molecular complexity index is 566. The molecule has 0 aliphatic heterocycles. The van der Waals surface area contributed by atoms with Gasteiger partial charge in [-0.1, -0.05) is 11.6 Å². The van der Waals surface area contributed by atoms with E-state index in [9.17, 15) is 17.6 Å². The van der Waals surface area contributed by atoms with Crippen molar-refractivity contribution in [2.45, 2.75) is 6.18 Å². The van der Waals surface area contributed by atoms with Crippen molar-refractivity contribution in [2.24, 2.45) is 0 Å². The molecule has 0 spiro atoms. The SMILES string of the molecule is Fc1cc(C(F)(F)F)ccc1-c1ccc(Cl)nn1. The summed E-state index contributed by atoms with van der Waals surface area (Å²) in [5.41, 5.74) is -0.997. The van der Waals surface area contributed by atoms with Crippen LogP contribution in [0, 0.1) is 5.82 Å². The van der Waals surface area contributed by atoms with Crippen molar-refractivity contribution in [3.05, 3.63) is 46.9 Å². The number of hydrogen-bond acceptors (Lipinski definition) is 2. The number of aromatic nitrogens is 2. The molecule has 0 amide bonds. The number of halogens is 5. The molecule has 0 fully saturated rings. The molecule has 0 saturated heterocycles. The van der Waals surface area contributed by atoms with Crippen LogP contribution in [0.25, 0.3) is 11.3 Å². The van der Waals surface area contributed by atoms with Crippen LogP contribution in [0.2, 0.25) is 5.15 Å². The summed E-state index contributed by atoms with van der Waals surface area (Å²) in [6.07, 6.45) is -4.58. The average Bonchev–Trinajstić information content (AvgIpc) is 2.29. The van der Waals surface area contributed by atoms with Gasteiger partial charge >= 0.3 is 6.18 Å². The normalized spacial score (nSPS) is 11.6. The van der Waals surface area contributed by atoms with Crippen LogP contribution in [0.3, 0.4) is 0 Å². The van der Waals surface area contributed by atoms with Gasteiger partial charge in [0.25, 0.3) is 0 Å². The molecule has 0 radical (unpaired) electrons. The van der Waals surface area contributed by atoms with Crippen molar-refractivity contribution in [1.82, 2.24) is 10.2 Å². The van der Waals surface area contributed by atoms with Crippen molar-refractivity contribution >= 4 is 11.6 Å². The van der Waals surface area contributed by atoms with Gasteiger partial charge in [-0.25, -0.2) is 4.39 Å². The first kappa shape index (κ1) is 12.8. The van der Waals surface area contributed by atoms with Gasteiger partial charge < -0.3 is 0 Å². The van der Waals surface area contributed by atoms with Gasteiger partial charge in [0.2, 0.25) is 0 Å². The van der Waals surface area contributed by atoms with Gasteiger partial charge in [0.05, 0.1) is 11.3 Å². The van der Waals surface area contributed by atoms with Crippen LogP contribution in [0.1, 0.15) is 5.56 Å². The molecule has 0 unspecified atom stereocenters. The summed E-state index contributed by atoms with van der Waals surface area (Å²) in [5, 5.41) is 7.21. The molecule has 18 heavy (non-hydrogen) atoms. The van der Waals surface area contributed by atoms with Crippen LogP contribution in [0.4, 0.5) is 17.6 Å². The summed E-state index contributed by atoms with van der Waals surface area (Å²) in [4.78, 5) is 0. The standard InChI is InChI=1S/C11H5ClF4N2/c12-10-4-3-9(17-18-10)7-2-1-6(5-8(7)13)11(14,15)16/h1-5H. The molecule has 2 aromatic rings. The number of nitrogens with zero attached hydrogens (tertiary/aromatic N) is 2. The second kappa shape index (κ2) is 4.53. The van der Waals surface area contributed by atoms with Crippen molar-refractivity contribution in [1.29, 1.82) is 0 Å². The predicted molar refractivity (Wildman–Crippen MR) is 57.4 cm³/mol. The van der Waals surface area contributed by atoms with Crippen molar-refractivity contribution in [2.75, 3.05) is 0 Å². The first-order valence-electron chi connectivity index (χ1n) is 4.74. The number of benzene rings is 1. The third-order valence-corrected chi connectivity index (χ3v) is 2.41. The maximum absolute atomic E-state index is 13.6. The summed E-state index contributed by atoms with van der Waals surface area (Å²) in [7, 11) is 0. The zero-order chi connectivity index (χ0) is 13.3. The second-order valence-electron chi connectivity index (χ2n) is 3.43. The largest absolute Gasteiger partial charge is 0.416 e. The smallest absolute Gasteiger partial charge is 0.206 e. The minimum atomic E-state index is -4.58. The molecule has 94 valence electrons. The van der Waals surface area contributed by atoms with Crippen LogP contribution in [0.5, 0.6) is 0 Å². The predicted octanol–water partition coefficient (Wildman–Crippen LogP) is 3.95. The highest BCUT2D eigenvalue weighted by Crippen LogP contribution is 2.32. The molecule has 2 nitrogen and oxygen atoms in total. The molecule has 0 bridgehead atoms. The van der Waals surface area contributed by atoms with E-state index in [2.05, 4.69) is 10.2 Å². The topological polar surface area (TPSA) is 25.8 Å². The Morgan fingerprint density at radius 1 is 1.00 bits per heavy atom. The monoisotopic (exact) mass is 276 g/mol. The third-order valence-electron chi connectivity index (χ3n) is 2.20. The molecule has 0 N–H and O–H groups in total. The fourth-order valence-corrected chi connectivity index (χ4v) is 1.46. The summed E-state index contributed by atoms with van der Waals surface area (Å²) in [6.45, 7) is 0. The first-order chi connectivity index (χ1) is 8.38. The minimum Gasteiger partial charge on any atom is -0.206 e. The number of hydrogen-bond donors (Lipinski definition) is 0. The number of rotatable bonds is 1. The molecule has 0 aliphatic carbocycles. The fraction of sp³-hybridized carbons (Fsp3) is 0.0909. The summed E-state index contributed by atoms with van der Waals surface area (Å²) >= 11 is 5.51. The molecule has 1 heterocycles. The molecule has 0 atom stereocenters. The fourth-order valence-electron chi connectivity index (χ4n) is 1.36. The van der Waals surface area contributed by atoms with E-state index in [0.29, 0.717) is 6.07 Å². The lowest BCUT2D eigenvalue weighted by molar-refractivity contribution is -0.137. The van der Waals surface area contributed by atoms with Crippen LogP contribution >= 0.6 is 11.6 Å². The average molecular weight is 277 g/mol.